The lowest BCUT2D eigenvalue weighted by Gasteiger charge is -2.27. The number of para-hydroxylation sites is 1. The summed E-state index contributed by atoms with van der Waals surface area (Å²) in [7, 11) is 0. The Bertz CT molecular complexity index is 2870. The summed E-state index contributed by atoms with van der Waals surface area (Å²) < 4.78 is 0. The molecule has 0 atom stereocenters. The normalized spacial score (nSPS) is 15.2. The predicted octanol–water partition coefficient (Wildman–Crippen LogP) is 14.1. The second-order valence-electron chi connectivity index (χ2n) is 15.2. The number of nitrogens with zero attached hydrogens (tertiary/aromatic N) is 2. The first-order chi connectivity index (χ1) is 27.1. The molecule has 0 bridgehead atoms. The topological polar surface area (TPSA) is 25.8 Å². The fourth-order valence-electron chi connectivity index (χ4n) is 8.83. The van der Waals surface area contributed by atoms with Crippen molar-refractivity contribution in [1.29, 1.82) is 0 Å². The maximum Gasteiger partial charge on any atom is 0.0747 e. The zero-order chi connectivity index (χ0) is 36.9. The molecule has 0 saturated carbocycles. The summed E-state index contributed by atoms with van der Waals surface area (Å²) in [5.74, 6) is 0. The molecule has 0 saturated heterocycles. The highest BCUT2D eigenvalue weighted by atomic mass is 14.7. The van der Waals surface area contributed by atoms with Crippen LogP contribution in [-0.2, 0) is 6.42 Å². The van der Waals surface area contributed by atoms with Crippen molar-refractivity contribution in [3.8, 4) is 22.4 Å². The highest BCUT2D eigenvalue weighted by molar-refractivity contribution is 5.99. The molecule has 10 rings (SSSR count). The Morgan fingerprint density at radius 3 is 2.36 bits per heavy atom. The number of hydrogen-bond donors (Lipinski definition) is 0. The Morgan fingerprint density at radius 2 is 1.47 bits per heavy atom. The summed E-state index contributed by atoms with van der Waals surface area (Å²) in [6.45, 7) is 6.62. The van der Waals surface area contributed by atoms with E-state index in [4.69, 9.17) is 9.97 Å². The number of aromatic nitrogens is 2. The third kappa shape index (κ3) is 6.09. The van der Waals surface area contributed by atoms with Crippen LogP contribution in [0.5, 0.6) is 0 Å². The van der Waals surface area contributed by atoms with Gasteiger partial charge >= 0.3 is 0 Å². The summed E-state index contributed by atoms with van der Waals surface area (Å²) in [5.41, 5.74) is 19.6. The zero-order valence-corrected chi connectivity index (χ0v) is 31.3. The van der Waals surface area contributed by atoms with Gasteiger partial charge in [-0.3, -0.25) is 0 Å². The van der Waals surface area contributed by atoms with Crippen molar-refractivity contribution in [2.24, 2.45) is 0 Å². The molecular weight excluding hydrogens is 665 g/mol. The van der Waals surface area contributed by atoms with Gasteiger partial charge in [0.05, 0.1) is 22.4 Å². The lowest BCUT2D eigenvalue weighted by Crippen LogP contribution is -2.10. The van der Waals surface area contributed by atoms with E-state index in [1.807, 2.05) is 0 Å². The third-order valence-electron chi connectivity index (χ3n) is 11.9. The largest absolute Gasteiger partial charge is 0.248 e. The monoisotopic (exact) mass is 706 g/mol. The van der Waals surface area contributed by atoms with E-state index in [1.54, 1.807) is 0 Å². The number of aryl methyl sites for hydroxylation is 1. The van der Waals surface area contributed by atoms with Crippen LogP contribution in [-0.4, -0.2) is 9.97 Å². The molecule has 5 aromatic carbocycles. The second kappa shape index (κ2) is 13.8. The summed E-state index contributed by atoms with van der Waals surface area (Å²) in [6.07, 6.45) is 22.0. The molecule has 2 heteroatoms. The Balaban J connectivity index is 0.902. The molecule has 0 amide bonds. The summed E-state index contributed by atoms with van der Waals surface area (Å²) in [6, 6.07) is 39.9. The molecule has 3 aliphatic carbocycles. The van der Waals surface area contributed by atoms with Gasteiger partial charge in [0.15, 0.2) is 0 Å². The zero-order valence-electron chi connectivity index (χ0n) is 31.3. The van der Waals surface area contributed by atoms with Gasteiger partial charge in [0.1, 0.15) is 0 Å². The first-order valence-corrected chi connectivity index (χ1v) is 19.7. The molecule has 2 heterocycles. The number of hydrogen-bond acceptors (Lipinski definition) is 2. The van der Waals surface area contributed by atoms with Crippen LogP contribution in [0.25, 0.3) is 77.8 Å². The van der Waals surface area contributed by atoms with Crippen molar-refractivity contribution in [1.82, 2.24) is 9.97 Å². The van der Waals surface area contributed by atoms with Gasteiger partial charge in [0.25, 0.3) is 0 Å². The second-order valence-corrected chi connectivity index (χ2v) is 15.2. The lowest BCUT2D eigenvalue weighted by atomic mass is 9.78. The number of allylic oxidation sites excluding steroid dienone is 10. The minimum Gasteiger partial charge on any atom is -0.248 e. The smallest absolute Gasteiger partial charge is 0.0747 e. The van der Waals surface area contributed by atoms with Crippen LogP contribution in [0, 0.1) is 6.92 Å². The number of rotatable bonds is 6. The van der Waals surface area contributed by atoms with E-state index >= 15 is 0 Å². The van der Waals surface area contributed by atoms with Gasteiger partial charge in [-0.05, 0) is 142 Å². The maximum atomic E-state index is 5.27. The van der Waals surface area contributed by atoms with Gasteiger partial charge in [-0.2, -0.15) is 0 Å². The highest BCUT2D eigenvalue weighted by Gasteiger charge is 2.25. The van der Waals surface area contributed by atoms with E-state index in [1.165, 1.54) is 71.6 Å². The third-order valence-corrected chi connectivity index (χ3v) is 11.9. The number of benzene rings is 5. The highest BCUT2D eigenvalue weighted by Crippen LogP contribution is 2.44. The average molecular weight is 707 g/mol. The lowest BCUT2D eigenvalue weighted by molar-refractivity contribution is 0.897. The molecule has 0 N–H and O–H groups in total. The van der Waals surface area contributed by atoms with E-state index < -0.39 is 0 Å². The van der Waals surface area contributed by atoms with Crippen LogP contribution in [0.3, 0.4) is 0 Å². The minimum absolute atomic E-state index is 0.985. The minimum atomic E-state index is 0.985. The van der Waals surface area contributed by atoms with Crippen molar-refractivity contribution in [3.05, 3.63) is 191 Å². The van der Waals surface area contributed by atoms with Crippen LogP contribution in [0.2, 0.25) is 0 Å². The molecule has 55 heavy (non-hydrogen) atoms. The maximum absolute atomic E-state index is 5.27. The fraction of sp³-hybridized carbons (Fsp3) is 0.132. The molecule has 0 unspecified atom stereocenters. The molecular formula is C53H42N2. The van der Waals surface area contributed by atoms with Crippen LogP contribution < -0.4 is 0 Å². The standard InChI is InChI=1S/C53H42N2/c1-34(16-17-36-18-21-40-29-31-49(54-52(40)35(36)2)39-11-4-3-5-12-39)42-24-25-45-33-43(26-27-44(45)32-42)37-19-22-41(23-20-37)53-48-30-28-38-10-6-7-13-46(38)51(48)47-14-8-9-15-50(47)55-53/h3-4,6,8-11,14-27,29,31-33H,1,5,7,12-13,28,30H2,2H3/b17-16-. The van der Waals surface area contributed by atoms with E-state index in [2.05, 4.69) is 165 Å². The van der Waals surface area contributed by atoms with Crippen molar-refractivity contribution in [3.63, 3.8) is 0 Å². The quantitative estimate of drug-likeness (QED) is 0.161. The van der Waals surface area contributed by atoms with Gasteiger partial charge in [-0.15, -0.1) is 0 Å². The van der Waals surface area contributed by atoms with Gasteiger partial charge < -0.3 is 0 Å². The van der Waals surface area contributed by atoms with Crippen LogP contribution in [0.1, 0.15) is 65.6 Å². The first kappa shape index (κ1) is 33.2. The number of fused-ring (bicyclic) bond motifs is 6. The Morgan fingerprint density at radius 1 is 0.691 bits per heavy atom. The Kier molecular flexibility index (Phi) is 8.33. The Labute approximate surface area is 323 Å². The van der Waals surface area contributed by atoms with E-state index in [-0.39, 0.29) is 0 Å². The SMILES string of the molecule is C=C(/C=C\c1ccc2ccc(C3=CC=CCC3)nc2c1C)c1ccc2cc(-c3ccc(-c4nc5ccccc5c5c4CCC4=C5CCC=C4)cc3)ccc2c1. The van der Waals surface area contributed by atoms with Gasteiger partial charge in [0.2, 0.25) is 0 Å². The Hall–Kier alpha value is -6.38. The molecule has 2 nitrogen and oxygen atoms in total. The van der Waals surface area contributed by atoms with Crippen LogP contribution in [0.15, 0.2) is 158 Å². The molecule has 3 aliphatic rings. The first-order valence-electron chi connectivity index (χ1n) is 19.7. The van der Waals surface area contributed by atoms with Crippen molar-refractivity contribution >= 4 is 55.4 Å². The molecule has 264 valence electrons. The summed E-state index contributed by atoms with van der Waals surface area (Å²) in [4.78, 5) is 10.4. The van der Waals surface area contributed by atoms with E-state index in [0.29, 0.717) is 0 Å². The summed E-state index contributed by atoms with van der Waals surface area (Å²) in [5, 5.41) is 4.88. The van der Waals surface area contributed by atoms with Crippen molar-refractivity contribution in [2.75, 3.05) is 0 Å². The molecule has 0 aliphatic heterocycles. The average Bonchev–Trinajstić information content (AvgIpc) is 3.25. The van der Waals surface area contributed by atoms with Gasteiger partial charge in [-0.25, -0.2) is 9.97 Å². The van der Waals surface area contributed by atoms with E-state index in [9.17, 15) is 0 Å². The summed E-state index contributed by atoms with van der Waals surface area (Å²) >= 11 is 0. The molecule has 7 aromatic rings. The molecule has 2 aromatic heterocycles. The molecule has 0 spiro atoms. The van der Waals surface area contributed by atoms with Crippen molar-refractivity contribution in [2.45, 2.75) is 45.4 Å². The van der Waals surface area contributed by atoms with E-state index in [0.717, 1.165) is 77.6 Å². The predicted molar refractivity (Wildman–Crippen MR) is 235 cm³/mol. The van der Waals surface area contributed by atoms with Crippen molar-refractivity contribution < 1.29 is 0 Å². The fourth-order valence-corrected chi connectivity index (χ4v) is 8.83. The van der Waals surface area contributed by atoms with Crippen LogP contribution in [0.4, 0.5) is 0 Å². The number of pyridine rings is 2. The molecule has 0 fully saturated rings. The van der Waals surface area contributed by atoms with Gasteiger partial charge in [0, 0.05) is 16.3 Å². The van der Waals surface area contributed by atoms with Crippen LogP contribution >= 0.6 is 0 Å². The molecule has 0 radical (unpaired) electrons. The van der Waals surface area contributed by atoms with Gasteiger partial charge in [-0.1, -0.05) is 134 Å².